The summed E-state index contributed by atoms with van der Waals surface area (Å²) in [7, 11) is -3.08. The highest BCUT2D eigenvalue weighted by molar-refractivity contribution is 7.90. The van der Waals surface area contributed by atoms with Gasteiger partial charge in [-0.05, 0) is 36.4 Å². The lowest BCUT2D eigenvalue weighted by molar-refractivity contribution is 0.104. The lowest BCUT2D eigenvalue weighted by Gasteiger charge is -1.98. The number of ketones is 1. The van der Waals surface area contributed by atoms with Gasteiger partial charge in [0.25, 0.3) is 0 Å². The molecule has 19 heavy (non-hydrogen) atoms. The van der Waals surface area contributed by atoms with E-state index in [0.717, 1.165) is 0 Å². The van der Waals surface area contributed by atoms with Crippen molar-refractivity contribution in [3.8, 4) is 0 Å². The monoisotopic (exact) mass is 314 g/mol. The van der Waals surface area contributed by atoms with Gasteiger partial charge in [-0.15, -0.1) is 11.3 Å². The maximum absolute atomic E-state index is 12.2. The largest absolute Gasteiger partial charge is 0.288 e. The average molecular weight is 315 g/mol. The normalized spacial score (nSPS) is 11.5. The predicted molar refractivity (Wildman–Crippen MR) is 77.8 cm³/mol. The fourth-order valence-corrected chi connectivity index (χ4v) is 3.96. The van der Waals surface area contributed by atoms with Gasteiger partial charge < -0.3 is 0 Å². The molecular formula is C13H11ClO3S2. The fraction of sp³-hybridized carbons (Fsp3) is 0.154. The molecule has 1 aromatic heterocycles. The number of hydrogen-bond acceptors (Lipinski definition) is 4. The summed E-state index contributed by atoms with van der Waals surface area (Å²) >= 11 is 6.97. The van der Waals surface area contributed by atoms with Gasteiger partial charge in [-0.3, -0.25) is 4.79 Å². The molecule has 2 aromatic rings. The Balaban J connectivity index is 2.23. The second-order valence-electron chi connectivity index (χ2n) is 4.17. The minimum atomic E-state index is -3.08. The van der Waals surface area contributed by atoms with E-state index in [4.69, 9.17) is 11.6 Å². The van der Waals surface area contributed by atoms with Crippen LogP contribution in [-0.2, 0) is 15.6 Å². The van der Waals surface area contributed by atoms with Crippen molar-refractivity contribution in [1.82, 2.24) is 0 Å². The van der Waals surface area contributed by atoms with Gasteiger partial charge in [-0.2, -0.15) is 0 Å². The molecule has 0 atom stereocenters. The Kier molecular flexibility index (Phi) is 4.08. The van der Waals surface area contributed by atoms with Crippen LogP contribution in [0, 0.1) is 0 Å². The van der Waals surface area contributed by atoms with E-state index in [1.165, 1.54) is 17.6 Å². The van der Waals surface area contributed by atoms with Gasteiger partial charge in [0.15, 0.2) is 9.84 Å². The molecule has 0 saturated carbocycles. The van der Waals surface area contributed by atoms with Crippen LogP contribution in [0.4, 0.5) is 0 Å². The number of carbonyl (C=O) groups excluding carboxylic acids is 1. The Morgan fingerprint density at radius 1 is 1.16 bits per heavy atom. The van der Waals surface area contributed by atoms with E-state index in [0.29, 0.717) is 20.3 Å². The van der Waals surface area contributed by atoms with Gasteiger partial charge in [-0.25, -0.2) is 8.42 Å². The molecule has 6 heteroatoms. The quantitative estimate of drug-likeness (QED) is 0.814. The van der Waals surface area contributed by atoms with Gasteiger partial charge in [0.2, 0.25) is 5.78 Å². The molecule has 0 bridgehead atoms. The third kappa shape index (κ3) is 3.89. The summed E-state index contributed by atoms with van der Waals surface area (Å²) in [5.74, 6) is -0.160. The summed E-state index contributed by atoms with van der Waals surface area (Å²) in [5, 5.41) is 0.570. The van der Waals surface area contributed by atoms with Gasteiger partial charge in [0.05, 0.1) is 10.6 Å². The molecule has 0 aliphatic carbocycles. The van der Waals surface area contributed by atoms with Crippen molar-refractivity contribution in [2.45, 2.75) is 5.75 Å². The van der Waals surface area contributed by atoms with Crippen molar-refractivity contribution in [3.05, 3.63) is 56.7 Å². The number of carbonyl (C=O) groups is 1. The summed E-state index contributed by atoms with van der Waals surface area (Å²) in [6.45, 7) is 0. The first-order valence-electron chi connectivity index (χ1n) is 5.42. The Bertz CT molecular complexity index is 700. The van der Waals surface area contributed by atoms with Crippen LogP contribution < -0.4 is 0 Å². The van der Waals surface area contributed by atoms with Crippen LogP contribution in [0.5, 0.6) is 0 Å². The minimum absolute atomic E-state index is 0.0361. The van der Waals surface area contributed by atoms with Gasteiger partial charge in [-0.1, -0.05) is 11.6 Å². The van der Waals surface area contributed by atoms with Crippen molar-refractivity contribution in [2.24, 2.45) is 0 Å². The molecule has 0 aliphatic rings. The van der Waals surface area contributed by atoms with Crippen LogP contribution in [0.2, 0.25) is 5.02 Å². The predicted octanol–water partition coefficient (Wildman–Crippen LogP) is 3.18. The smallest absolute Gasteiger partial charge is 0.202 e. The molecule has 0 unspecified atom stereocenters. The minimum Gasteiger partial charge on any atom is -0.288 e. The molecule has 1 heterocycles. The third-order valence-corrected chi connectivity index (χ3v) is 4.75. The number of halogens is 1. The zero-order valence-electron chi connectivity index (χ0n) is 10.1. The van der Waals surface area contributed by atoms with Crippen LogP contribution >= 0.6 is 22.9 Å². The van der Waals surface area contributed by atoms with E-state index >= 15 is 0 Å². The summed E-state index contributed by atoms with van der Waals surface area (Å²) in [6, 6.07) is 9.94. The van der Waals surface area contributed by atoms with Gasteiger partial charge in [0.1, 0.15) is 0 Å². The van der Waals surface area contributed by atoms with Gasteiger partial charge >= 0.3 is 0 Å². The zero-order valence-corrected chi connectivity index (χ0v) is 12.5. The second kappa shape index (κ2) is 5.45. The Hall–Kier alpha value is -1.17. The van der Waals surface area contributed by atoms with Crippen molar-refractivity contribution < 1.29 is 13.2 Å². The lowest BCUT2D eigenvalue weighted by Crippen LogP contribution is -1.99. The third-order valence-electron chi connectivity index (χ3n) is 2.40. The Morgan fingerprint density at radius 2 is 1.79 bits per heavy atom. The molecule has 0 spiro atoms. The average Bonchev–Trinajstić information content (AvgIpc) is 2.75. The molecule has 2 rings (SSSR count). The maximum atomic E-state index is 12.2. The summed E-state index contributed by atoms with van der Waals surface area (Å²) in [6.07, 6.45) is 1.17. The first-order valence-corrected chi connectivity index (χ1v) is 8.67. The number of hydrogen-bond donors (Lipinski definition) is 0. The molecule has 0 fully saturated rings. The van der Waals surface area contributed by atoms with Crippen molar-refractivity contribution in [3.63, 3.8) is 0 Å². The number of benzene rings is 1. The molecule has 0 amide bonds. The van der Waals surface area contributed by atoms with Crippen molar-refractivity contribution in [2.75, 3.05) is 6.26 Å². The van der Waals surface area contributed by atoms with Crippen LogP contribution in [0.25, 0.3) is 0 Å². The Morgan fingerprint density at radius 3 is 2.37 bits per heavy atom. The number of thiophene rings is 1. The molecule has 1 aromatic carbocycles. The summed E-state index contributed by atoms with van der Waals surface area (Å²) in [4.78, 5) is 13.3. The molecule has 0 saturated heterocycles. The molecule has 0 N–H and O–H groups in total. The van der Waals surface area contributed by atoms with Crippen LogP contribution in [-0.4, -0.2) is 20.5 Å². The molecule has 3 nitrogen and oxygen atoms in total. The maximum Gasteiger partial charge on any atom is 0.202 e. The van der Waals surface area contributed by atoms with Crippen LogP contribution in [0.1, 0.15) is 20.1 Å². The van der Waals surface area contributed by atoms with E-state index in [-0.39, 0.29) is 11.5 Å². The van der Waals surface area contributed by atoms with E-state index < -0.39 is 9.84 Å². The van der Waals surface area contributed by atoms with E-state index in [9.17, 15) is 13.2 Å². The second-order valence-corrected chi connectivity index (χ2v) is 7.92. The molecule has 100 valence electrons. The highest BCUT2D eigenvalue weighted by atomic mass is 35.5. The van der Waals surface area contributed by atoms with Crippen molar-refractivity contribution >= 4 is 38.6 Å². The standard InChI is InChI=1S/C13H11ClO3S2/c1-19(16,17)8-11-6-7-12(18-11)13(15)9-2-4-10(14)5-3-9/h2-7H,8H2,1H3. The number of rotatable bonds is 4. The van der Waals surface area contributed by atoms with Crippen LogP contribution in [0.3, 0.4) is 0 Å². The first-order chi connectivity index (χ1) is 8.85. The molecule has 0 aliphatic heterocycles. The van der Waals surface area contributed by atoms with Crippen molar-refractivity contribution in [1.29, 1.82) is 0 Å². The number of sulfone groups is 1. The highest BCUT2D eigenvalue weighted by Gasteiger charge is 2.14. The summed E-state index contributed by atoms with van der Waals surface area (Å²) < 4.78 is 22.4. The highest BCUT2D eigenvalue weighted by Crippen LogP contribution is 2.22. The molecule has 0 radical (unpaired) electrons. The van der Waals surface area contributed by atoms with E-state index in [1.807, 2.05) is 0 Å². The Labute approximate surface area is 120 Å². The first kappa shape index (κ1) is 14.2. The fourth-order valence-electron chi connectivity index (χ4n) is 1.58. The topological polar surface area (TPSA) is 51.2 Å². The lowest BCUT2D eigenvalue weighted by atomic mass is 10.1. The van der Waals surface area contributed by atoms with Crippen LogP contribution in [0.15, 0.2) is 36.4 Å². The van der Waals surface area contributed by atoms with Gasteiger partial charge in [0, 0.05) is 21.7 Å². The van der Waals surface area contributed by atoms with E-state index in [1.54, 1.807) is 36.4 Å². The van der Waals surface area contributed by atoms with E-state index in [2.05, 4.69) is 0 Å². The SMILES string of the molecule is CS(=O)(=O)Cc1ccc(C(=O)c2ccc(Cl)cc2)s1. The zero-order chi connectivity index (χ0) is 14.0. The summed E-state index contributed by atoms with van der Waals surface area (Å²) in [5.41, 5.74) is 0.539. The molecular weight excluding hydrogens is 304 g/mol.